The number of rotatable bonds is 7. The molecule has 0 atom stereocenters. The lowest BCUT2D eigenvalue weighted by Gasteiger charge is -2.10. The number of amides is 2. The SMILES string of the molecule is CNC(=O)c1cccc(CNC(=O)CSc2nccn2-c2ccccc2C)c1. The molecule has 3 rings (SSSR count). The van der Waals surface area contributed by atoms with E-state index in [0.717, 1.165) is 22.0 Å². The highest BCUT2D eigenvalue weighted by Gasteiger charge is 2.11. The normalized spacial score (nSPS) is 10.5. The molecule has 0 saturated heterocycles. The van der Waals surface area contributed by atoms with Crippen LogP contribution in [0.1, 0.15) is 21.5 Å². The minimum atomic E-state index is -0.147. The third-order valence-corrected chi connectivity index (χ3v) is 5.19. The molecule has 0 radical (unpaired) electrons. The molecule has 3 aromatic rings. The Morgan fingerprint density at radius 1 is 1.14 bits per heavy atom. The number of hydrogen-bond donors (Lipinski definition) is 2. The molecule has 0 saturated carbocycles. The summed E-state index contributed by atoms with van der Waals surface area (Å²) in [5.74, 6) is 0.0272. The first-order chi connectivity index (χ1) is 13.6. The number of aryl methyl sites for hydroxylation is 1. The monoisotopic (exact) mass is 394 g/mol. The highest BCUT2D eigenvalue weighted by molar-refractivity contribution is 7.99. The van der Waals surface area contributed by atoms with Gasteiger partial charge in [-0.05, 0) is 36.2 Å². The standard InChI is InChI=1S/C21H22N4O2S/c1-15-6-3-4-9-18(15)25-11-10-23-21(25)28-14-19(26)24-13-16-7-5-8-17(12-16)20(27)22-2/h3-12H,13-14H2,1-2H3,(H,22,27)(H,24,26). The van der Waals surface area contributed by atoms with Gasteiger partial charge < -0.3 is 10.6 Å². The smallest absolute Gasteiger partial charge is 0.251 e. The minimum absolute atomic E-state index is 0.0883. The Labute approximate surface area is 168 Å². The maximum Gasteiger partial charge on any atom is 0.251 e. The van der Waals surface area contributed by atoms with Crippen LogP contribution in [0.4, 0.5) is 0 Å². The zero-order chi connectivity index (χ0) is 19.9. The number of hydrogen-bond acceptors (Lipinski definition) is 4. The summed E-state index contributed by atoms with van der Waals surface area (Å²) < 4.78 is 1.99. The van der Waals surface area contributed by atoms with Gasteiger partial charge in [-0.25, -0.2) is 4.98 Å². The van der Waals surface area contributed by atoms with Gasteiger partial charge in [0, 0.05) is 31.5 Å². The average Bonchev–Trinajstić information content (AvgIpc) is 3.19. The lowest BCUT2D eigenvalue weighted by atomic mass is 10.1. The Bertz CT molecular complexity index is 984. The number of aromatic nitrogens is 2. The van der Waals surface area contributed by atoms with Crippen molar-refractivity contribution in [3.05, 3.63) is 77.6 Å². The van der Waals surface area contributed by atoms with Crippen molar-refractivity contribution in [2.45, 2.75) is 18.6 Å². The molecule has 2 amide bonds. The summed E-state index contributed by atoms with van der Waals surface area (Å²) >= 11 is 1.39. The second kappa shape index (κ2) is 9.23. The van der Waals surface area contributed by atoms with Crippen LogP contribution >= 0.6 is 11.8 Å². The molecule has 1 heterocycles. The van der Waals surface area contributed by atoms with Crippen LogP contribution in [0.2, 0.25) is 0 Å². The van der Waals surface area contributed by atoms with E-state index in [-0.39, 0.29) is 17.6 Å². The molecule has 0 unspecified atom stereocenters. The van der Waals surface area contributed by atoms with Crippen LogP contribution in [0.25, 0.3) is 5.69 Å². The maximum absolute atomic E-state index is 12.3. The average molecular weight is 395 g/mol. The predicted molar refractivity (Wildman–Crippen MR) is 111 cm³/mol. The van der Waals surface area contributed by atoms with Crippen molar-refractivity contribution < 1.29 is 9.59 Å². The van der Waals surface area contributed by atoms with Crippen molar-refractivity contribution in [2.24, 2.45) is 0 Å². The first-order valence-corrected chi connectivity index (χ1v) is 9.87. The van der Waals surface area contributed by atoms with Gasteiger partial charge in [-0.2, -0.15) is 0 Å². The van der Waals surface area contributed by atoms with Crippen LogP contribution in [0.5, 0.6) is 0 Å². The molecule has 2 N–H and O–H groups in total. The van der Waals surface area contributed by atoms with Gasteiger partial charge in [-0.3, -0.25) is 14.2 Å². The molecule has 0 spiro atoms. The molecule has 0 aliphatic heterocycles. The fraction of sp³-hybridized carbons (Fsp3) is 0.190. The molecule has 2 aromatic carbocycles. The van der Waals surface area contributed by atoms with Gasteiger partial charge in [-0.1, -0.05) is 42.1 Å². The van der Waals surface area contributed by atoms with Gasteiger partial charge in [0.1, 0.15) is 0 Å². The highest BCUT2D eigenvalue weighted by Crippen LogP contribution is 2.22. The van der Waals surface area contributed by atoms with Crippen molar-refractivity contribution in [3.8, 4) is 5.69 Å². The number of thioether (sulfide) groups is 1. The van der Waals surface area contributed by atoms with E-state index < -0.39 is 0 Å². The second-order valence-corrected chi connectivity index (χ2v) is 7.15. The van der Waals surface area contributed by atoms with E-state index in [1.165, 1.54) is 11.8 Å². The largest absolute Gasteiger partial charge is 0.355 e. The third-order valence-electron chi connectivity index (χ3n) is 4.22. The van der Waals surface area contributed by atoms with Crippen molar-refractivity contribution in [3.63, 3.8) is 0 Å². The van der Waals surface area contributed by atoms with Crippen LogP contribution in [0, 0.1) is 6.92 Å². The number of nitrogens with zero attached hydrogens (tertiary/aromatic N) is 2. The summed E-state index contributed by atoms with van der Waals surface area (Å²) in [5, 5.41) is 6.25. The number of carbonyl (C=O) groups excluding carboxylic acids is 2. The van der Waals surface area contributed by atoms with Crippen LogP contribution in [0.3, 0.4) is 0 Å². The van der Waals surface area contributed by atoms with Gasteiger partial charge in [0.2, 0.25) is 5.91 Å². The molecular weight excluding hydrogens is 372 g/mol. The van der Waals surface area contributed by atoms with Gasteiger partial charge >= 0.3 is 0 Å². The second-order valence-electron chi connectivity index (χ2n) is 6.21. The van der Waals surface area contributed by atoms with Crippen LogP contribution < -0.4 is 10.6 Å². The summed E-state index contributed by atoms with van der Waals surface area (Å²) in [5.41, 5.74) is 3.64. The van der Waals surface area contributed by atoms with E-state index in [0.29, 0.717) is 12.1 Å². The van der Waals surface area contributed by atoms with Crippen molar-refractivity contribution in [1.82, 2.24) is 20.2 Å². The molecule has 0 aliphatic rings. The summed E-state index contributed by atoms with van der Waals surface area (Å²) in [4.78, 5) is 28.3. The van der Waals surface area contributed by atoms with Gasteiger partial charge in [-0.15, -0.1) is 0 Å². The summed E-state index contributed by atoms with van der Waals surface area (Å²) in [6.45, 7) is 2.42. The Kier molecular flexibility index (Phi) is 6.49. The number of carbonyl (C=O) groups is 2. The Hall–Kier alpha value is -3.06. The van der Waals surface area contributed by atoms with Gasteiger partial charge in [0.25, 0.3) is 5.91 Å². The Balaban J connectivity index is 1.57. The molecule has 1 aromatic heterocycles. The van der Waals surface area contributed by atoms with E-state index in [9.17, 15) is 9.59 Å². The van der Waals surface area contributed by atoms with E-state index in [4.69, 9.17) is 0 Å². The molecule has 0 fully saturated rings. The maximum atomic E-state index is 12.3. The van der Waals surface area contributed by atoms with Crippen LogP contribution in [-0.4, -0.2) is 34.2 Å². The Morgan fingerprint density at radius 2 is 1.96 bits per heavy atom. The van der Waals surface area contributed by atoms with Gasteiger partial charge in [0.15, 0.2) is 5.16 Å². The molecule has 0 aliphatic carbocycles. The molecule has 6 nitrogen and oxygen atoms in total. The number of para-hydroxylation sites is 1. The fourth-order valence-electron chi connectivity index (χ4n) is 2.76. The zero-order valence-corrected chi connectivity index (χ0v) is 16.6. The zero-order valence-electron chi connectivity index (χ0n) is 15.8. The van der Waals surface area contributed by atoms with Crippen molar-refractivity contribution >= 4 is 23.6 Å². The summed E-state index contributed by atoms with van der Waals surface area (Å²) in [6.07, 6.45) is 3.63. The Morgan fingerprint density at radius 3 is 2.75 bits per heavy atom. The van der Waals surface area contributed by atoms with E-state index in [1.807, 2.05) is 48.0 Å². The molecule has 28 heavy (non-hydrogen) atoms. The molecule has 0 bridgehead atoms. The fourth-order valence-corrected chi connectivity index (χ4v) is 3.56. The van der Waals surface area contributed by atoms with Crippen molar-refractivity contribution in [2.75, 3.05) is 12.8 Å². The number of nitrogens with one attached hydrogen (secondary N) is 2. The van der Waals surface area contributed by atoms with Crippen LogP contribution in [0.15, 0.2) is 66.1 Å². The van der Waals surface area contributed by atoms with E-state index in [1.54, 1.807) is 31.4 Å². The summed E-state index contributed by atoms with van der Waals surface area (Å²) in [7, 11) is 1.59. The number of imidazole rings is 1. The van der Waals surface area contributed by atoms with E-state index in [2.05, 4.69) is 15.6 Å². The predicted octanol–water partition coefficient (Wildman–Crippen LogP) is 2.95. The first-order valence-electron chi connectivity index (χ1n) is 8.88. The quantitative estimate of drug-likeness (QED) is 0.604. The number of benzene rings is 2. The molecule has 7 heteroatoms. The lowest BCUT2D eigenvalue weighted by molar-refractivity contribution is -0.118. The van der Waals surface area contributed by atoms with E-state index >= 15 is 0 Å². The van der Waals surface area contributed by atoms with Crippen LogP contribution in [-0.2, 0) is 11.3 Å². The molecule has 144 valence electrons. The lowest BCUT2D eigenvalue weighted by Crippen LogP contribution is -2.25. The highest BCUT2D eigenvalue weighted by atomic mass is 32.2. The minimum Gasteiger partial charge on any atom is -0.355 e. The summed E-state index contributed by atoms with van der Waals surface area (Å²) in [6, 6.07) is 15.3. The van der Waals surface area contributed by atoms with Crippen molar-refractivity contribution in [1.29, 1.82) is 0 Å². The topological polar surface area (TPSA) is 76.0 Å². The van der Waals surface area contributed by atoms with Gasteiger partial charge in [0.05, 0.1) is 11.4 Å². The molecular formula is C21H22N4O2S. The third kappa shape index (κ3) is 4.80. The first kappa shape index (κ1) is 19.7.